The quantitative estimate of drug-likeness (QED) is 0.429. The van der Waals surface area contributed by atoms with Gasteiger partial charge in [0.1, 0.15) is 5.75 Å². The van der Waals surface area contributed by atoms with Crippen LogP contribution in [0.1, 0.15) is 40.9 Å². The van der Waals surface area contributed by atoms with Gasteiger partial charge in [-0.3, -0.25) is 19.8 Å². The van der Waals surface area contributed by atoms with Gasteiger partial charge in [0.2, 0.25) is 0 Å². The van der Waals surface area contributed by atoms with E-state index in [4.69, 9.17) is 4.74 Å². The van der Waals surface area contributed by atoms with Crippen molar-refractivity contribution in [2.24, 2.45) is 0 Å². The first-order valence-corrected chi connectivity index (χ1v) is 9.21. The van der Waals surface area contributed by atoms with E-state index in [-0.39, 0.29) is 11.1 Å². The molecule has 0 atom stereocenters. The Morgan fingerprint density at radius 2 is 1.43 bits per heavy atom. The average molecular weight is 378 g/mol. The molecule has 0 radical (unpaired) electrons. The second kappa shape index (κ2) is 6.92. The summed E-state index contributed by atoms with van der Waals surface area (Å²) < 4.78 is 5.94. The number of aryl methyl sites for hydroxylation is 2. The maximum Gasteiger partial charge on any atom is 0.268 e. The lowest BCUT2D eigenvalue weighted by atomic mass is 9.82. The average Bonchev–Trinajstić information content (AvgIpc) is 3.20. The van der Waals surface area contributed by atoms with Gasteiger partial charge in [-0.05, 0) is 37.6 Å². The SMILES string of the molecule is CCOc1ccc2ccccc2c1C(c1c(C)[nH][nH]c1=O)c1c(C)[nH][nH]c1=O. The van der Waals surface area contributed by atoms with Crippen LogP contribution >= 0.6 is 0 Å². The Kier molecular flexibility index (Phi) is 4.43. The molecule has 2 heterocycles. The van der Waals surface area contributed by atoms with Crippen LogP contribution in [0.3, 0.4) is 0 Å². The fraction of sp³-hybridized carbons (Fsp3) is 0.238. The van der Waals surface area contributed by atoms with Crippen LogP contribution in [-0.2, 0) is 0 Å². The molecule has 2 aromatic carbocycles. The van der Waals surface area contributed by atoms with Crippen LogP contribution in [0.2, 0.25) is 0 Å². The molecule has 0 bridgehead atoms. The topological polar surface area (TPSA) is 107 Å². The van der Waals surface area contributed by atoms with E-state index < -0.39 is 5.92 Å². The predicted octanol–water partition coefficient (Wildman–Crippen LogP) is 3.07. The Labute approximate surface area is 160 Å². The molecule has 4 aromatic rings. The van der Waals surface area contributed by atoms with Crippen molar-refractivity contribution in [1.29, 1.82) is 0 Å². The van der Waals surface area contributed by atoms with Gasteiger partial charge in [-0.25, -0.2) is 0 Å². The lowest BCUT2D eigenvalue weighted by Crippen LogP contribution is -2.21. The first-order chi connectivity index (χ1) is 13.5. The van der Waals surface area contributed by atoms with Gasteiger partial charge in [0.15, 0.2) is 0 Å². The Bertz CT molecular complexity index is 1200. The molecule has 144 valence electrons. The zero-order valence-electron chi connectivity index (χ0n) is 16.0. The molecule has 2 aromatic heterocycles. The minimum Gasteiger partial charge on any atom is -0.494 e. The van der Waals surface area contributed by atoms with Crippen LogP contribution in [0, 0.1) is 13.8 Å². The van der Waals surface area contributed by atoms with E-state index in [2.05, 4.69) is 20.4 Å². The van der Waals surface area contributed by atoms with E-state index in [1.807, 2.05) is 57.2 Å². The molecule has 0 aliphatic heterocycles. The number of H-pyrrole nitrogens is 4. The second-order valence-corrected chi connectivity index (χ2v) is 6.80. The van der Waals surface area contributed by atoms with Crippen LogP contribution in [-0.4, -0.2) is 27.0 Å². The van der Waals surface area contributed by atoms with Gasteiger partial charge >= 0.3 is 0 Å². The van der Waals surface area contributed by atoms with Crippen molar-refractivity contribution in [2.75, 3.05) is 6.61 Å². The third-order valence-corrected chi connectivity index (χ3v) is 5.12. The Hall–Kier alpha value is -3.48. The zero-order valence-corrected chi connectivity index (χ0v) is 16.0. The molecule has 4 rings (SSSR count). The lowest BCUT2D eigenvalue weighted by molar-refractivity contribution is 0.336. The lowest BCUT2D eigenvalue weighted by Gasteiger charge is -2.21. The largest absolute Gasteiger partial charge is 0.494 e. The molecule has 7 nitrogen and oxygen atoms in total. The van der Waals surface area contributed by atoms with Gasteiger partial charge in [0, 0.05) is 17.0 Å². The first kappa shape index (κ1) is 17.9. The molecule has 7 heteroatoms. The summed E-state index contributed by atoms with van der Waals surface area (Å²) in [6.07, 6.45) is 0. The number of hydrogen-bond acceptors (Lipinski definition) is 3. The Morgan fingerprint density at radius 3 is 1.96 bits per heavy atom. The van der Waals surface area contributed by atoms with Gasteiger partial charge in [-0.1, -0.05) is 30.3 Å². The van der Waals surface area contributed by atoms with E-state index >= 15 is 0 Å². The third-order valence-electron chi connectivity index (χ3n) is 5.12. The van der Waals surface area contributed by atoms with Gasteiger partial charge < -0.3 is 14.9 Å². The molecule has 0 unspecified atom stereocenters. The van der Waals surface area contributed by atoms with E-state index in [1.54, 1.807) is 0 Å². The highest BCUT2D eigenvalue weighted by Crippen LogP contribution is 2.41. The number of rotatable bonds is 5. The van der Waals surface area contributed by atoms with Crippen molar-refractivity contribution in [1.82, 2.24) is 20.4 Å². The van der Waals surface area contributed by atoms with Gasteiger partial charge in [-0.15, -0.1) is 0 Å². The van der Waals surface area contributed by atoms with Crippen molar-refractivity contribution in [3.63, 3.8) is 0 Å². The number of hydrogen-bond donors (Lipinski definition) is 4. The second-order valence-electron chi connectivity index (χ2n) is 6.80. The van der Waals surface area contributed by atoms with Crippen molar-refractivity contribution >= 4 is 10.8 Å². The Morgan fingerprint density at radius 1 is 0.821 bits per heavy atom. The monoisotopic (exact) mass is 378 g/mol. The summed E-state index contributed by atoms with van der Waals surface area (Å²) in [7, 11) is 0. The highest BCUT2D eigenvalue weighted by molar-refractivity contribution is 5.89. The fourth-order valence-electron chi connectivity index (χ4n) is 3.89. The van der Waals surface area contributed by atoms with Gasteiger partial charge in [-0.2, -0.15) is 0 Å². The maximum atomic E-state index is 12.7. The number of benzene rings is 2. The molecule has 0 aliphatic carbocycles. The molecule has 0 spiro atoms. The van der Waals surface area contributed by atoms with E-state index in [1.165, 1.54) is 0 Å². The number of aromatic nitrogens is 4. The van der Waals surface area contributed by atoms with Gasteiger partial charge in [0.25, 0.3) is 11.1 Å². The number of nitrogens with one attached hydrogen (secondary N) is 4. The highest BCUT2D eigenvalue weighted by Gasteiger charge is 2.31. The molecule has 28 heavy (non-hydrogen) atoms. The van der Waals surface area contributed by atoms with Crippen LogP contribution in [0.15, 0.2) is 46.0 Å². The van der Waals surface area contributed by atoms with Crippen LogP contribution in [0.4, 0.5) is 0 Å². The molecular formula is C21H22N4O3. The molecule has 0 aliphatic rings. The smallest absolute Gasteiger partial charge is 0.268 e. The molecule has 0 saturated carbocycles. The van der Waals surface area contributed by atoms with Crippen molar-refractivity contribution in [3.8, 4) is 5.75 Å². The van der Waals surface area contributed by atoms with E-state index in [0.717, 1.165) is 16.3 Å². The molecular weight excluding hydrogens is 356 g/mol. The summed E-state index contributed by atoms with van der Waals surface area (Å²) in [5, 5.41) is 13.0. The predicted molar refractivity (Wildman–Crippen MR) is 108 cm³/mol. The molecule has 0 saturated heterocycles. The summed E-state index contributed by atoms with van der Waals surface area (Å²) in [4.78, 5) is 25.5. The number of ether oxygens (including phenoxy) is 1. The van der Waals surface area contributed by atoms with Crippen molar-refractivity contribution in [3.05, 3.63) is 85.2 Å². The summed E-state index contributed by atoms with van der Waals surface area (Å²) >= 11 is 0. The van der Waals surface area contributed by atoms with Crippen molar-refractivity contribution in [2.45, 2.75) is 26.7 Å². The van der Waals surface area contributed by atoms with Crippen LogP contribution in [0.25, 0.3) is 10.8 Å². The number of aromatic amines is 4. The molecule has 0 amide bonds. The normalized spacial score (nSPS) is 11.4. The van der Waals surface area contributed by atoms with E-state index in [9.17, 15) is 9.59 Å². The maximum absolute atomic E-state index is 12.7. The minimum atomic E-state index is -0.586. The summed E-state index contributed by atoms with van der Waals surface area (Å²) in [5.41, 5.74) is 2.68. The van der Waals surface area contributed by atoms with Gasteiger partial charge in [0.05, 0.1) is 23.7 Å². The first-order valence-electron chi connectivity index (χ1n) is 9.21. The van der Waals surface area contributed by atoms with Crippen LogP contribution in [0.5, 0.6) is 5.75 Å². The third kappa shape index (κ3) is 2.76. The molecule has 0 fully saturated rings. The van der Waals surface area contributed by atoms with E-state index in [0.29, 0.717) is 34.9 Å². The minimum absolute atomic E-state index is 0.252. The summed E-state index contributed by atoms with van der Waals surface area (Å²) in [6, 6.07) is 11.8. The zero-order chi connectivity index (χ0) is 19.8. The molecule has 4 N–H and O–H groups in total. The highest BCUT2D eigenvalue weighted by atomic mass is 16.5. The summed E-state index contributed by atoms with van der Waals surface area (Å²) in [6.45, 7) is 6.03. The summed E-state index contributed by atoms with van der Waals surface area (Å²) in [5.74, 6) is 0.0730. The standard InChI is InChI=1S/C21H22N4O3/c1-4-28-15-10-9-13-7-5-6-8-14(13)18(15)19(16-11(2)22-24-20(16)26)17-12(3)23-25-21(17)27/h5-10,19H,4H2,1-3H3,(H2,22,24,26)(H2,23,25,27). The fourth-order valence-corrected chi connectivity index (χ4v) is 3.89. The Balaban J connectivity index is 2.16. The number of fused-ring (bicyclic) bond motifs is 1. The van der Waals surface area contributed by atoms with Crippen molar-refractivity contribution < 1.29 is 4.74 Å². The van der Waals surface area contributed by atoms with Crippen LogP contribution < -0.4 is 15.9 Å².